The highest BCUT2D eigenvalue weighted by molar-refractivity contribution is 5.98. The topological polar surface area (TPSA) is 29.6 Å². The summed E-state index contributed by atoms with van der Waals surface area (Å²) in [6, 6.07) is 0. The summed E-state index contributed by atoms with van der Waals surface area (Å²) in [7, 11) is 0. The third-order valence-corrected chi connectivity index (χ3v) is 10.3. The van der Waals surface area contributed by atoms with Crippen molar-refractivity contribution in [3.63, 3.8) is 0 Å². The average molecular weight is 433 g/mol. The second kappa shape index (κ2) is 6.98. The van der Waals surface area contributed by atoms with Gasteiger partial charge < -0.3 is 4.74 Å². The van der Waals surface area contributed by atoms with Crippen LogP contribution >= 0.6 is 0 Å². The van der Waals surface area contributed by atoms with Crippen molar-refractivity contribution < 1.29 is 18.3 Å². The molecular weight excluding hydrogens is 394 g/mol. The first-order valence-electron chi connectivity index (χ1n) is 12.4. The van der Waals surface area contributed by atoms with E-state index in [1.807, 2.05) is 6.08 Å². The number of allylic oxidation sites excluding steroid dienone is 2. The molecule has 0 bridgehead atoms. The number of carbonyl (C=O) groups is 1. The van der Waals surface area contributed by atoms with Gasteiger partial charge in [-0.2, -0.15) is 0 Å². The Morgan fingerprint density at radius 1 is 1.19 bits per heavy atom. The Morgan fingerprint density at radius 3 is 2.65 bits per heavy atom. The van der Waals surface area contributed by atoms with Gasteiger partial charge in [-0.05, 0) is 99.0 Å². The SMILES string of the molecule is C[C@H](CCC(F)C(C)(C)F)[C@H]1CC[C@H]2[C@@H]3C=CC4=CC(=O)C5OC5[C@]4(C)[C@H]3CC[C@]12C. The summed E-state index contributed by atoms with van der Waals surface area (Å²) in [5, 5.41) is 0. The summed E-state index contributed by atoms with van der Waals surface area (Å²) in [4.78, 5) is 12.2. The summed E-state index contributed by atoms with van der Waals surface area (Å²) in [6.07, 6.45) is 10.7. The number of hydrogen-bond donors (Lipinski definition) is 0. The summed E-state index contributed by atoms with van der Waals surface area (Å²) >= 11 is 0. The Balaban J connectivity index is 1.35. The molecule has 1 aliphatic heterocycles. The minimum atomic E-state index is -1.75. The van der Waals surface area contributed by atoms with Gasteiger partial charge in [-0.25, -0.2) is 8.78 Å². The van der Waals surface area contributed by atoms with Crippen LogP contribution in [0.1, 0.15) is 73.1 Å². The van der Waals surface area contributed by atoms with Crippen LogP contribution in [-0.2, 0) is 9.53 Å². The van der Waals surface area contributed by atoms with Gasteiger partial charge in [0.2, 0.25) is 0 Å². The molecule has 5 aliphatic rings. The number of ketones is 1. The van der Waals surface area contributed by atoms with Crippen molar-refractivity contribution in [2.45, 2.75) is 97.2 Å². The van der Waals surface area contributed by atoms with Crippen LogP contribution in [0.2, 0.25) is 0 Å². The average Bonchev–Trinajstić information content (AvgIpc) is 3.44. The van der Waals surface area contributed by atoms with Crippen molar-refractivity contribution in [1.29, 1.82) is 0 Å². The molecule has 4 heteroatoms. The third-order valence-electron chi connectivity index (χ3n) is 10.3. The van der Waals surface area contributed by atoms with Crippen molar-refractivity contribution in [2.75, 3.05) is 0 Å². The fraction of sp³-hybridized carbons (Fsp3) is 0.815. The number of alkyl halides is 2. The molecule has 0 spiro atoms. The molecule has 1 heterocycles. The minimum absolute atomic E-state index is 0.0445. The number of hydrogen-bond acceptors (Lipinski definition) is 2. The number of rotatable bonds is 5. The maximum Gasteiger partial charge on any atom is 0.187 e. The van der Waals surface area contributed by atoms with Crippen LogP contribution < -0.4 is 0 Å². The Hall–Kier alpha value is -1.03. The van der Waals surface area contributed by atoms with E-state index in [0.29, 0.717) is 36.0 Å². The van der Waals surface area contributed by atoms with Crippen molar-refractivity contribution in [1.82, 2.24) is 0 Å². The Kier molecular flexibility index (Phi) is 4.91. The standard InChI is InChI=1S/C27H38F2O2/c1-15(6-11-22(28)25(2,3)29)18-9-10-19-17-8-7-16-14-21(30)23-24(31-23)27(16,5)20(17)12-13-26(18,19)4/h7-8,14-15,17-20,22-24H,6,9-13H2,1-5H3/t15-,17+,18-,19+,20+,22?,23?,24?,26-,27+/m1/s1. The van der Waals surface area contributed by atoms with Crippen LogP contribution in [0.3, 0.4) is 0 Å². The number of halogens is 2. The molecule has 3 unspecified atom stereocenters. The van der Waals surface area contributed by atoms with Gasteiger partial charge >= 0.3 is 0 Å². The van der Waals surface area contributed by atoms with E-state index in [9.17, 15) is 13.6 Å². The molecule has 1 saturated heterocycles. The Bertz CT molecular complexity index is 826. The highest BCUT2D eigenvalue weighted by atomic mass is 19.2. The van der Waals surface area contributed by atoms with Crippen molar-refractivity contribution in [3.8, 4) is 0 Å². The maximum absolute atomic E-state index is 14.2. The van der Waals surface area contributed by atoms with E-state index in [0.717, 1.165) is 12.8 Å². The molecule has 0 aromatic rings. The van der Waals surface area contributed by atoms with Gasteiger partial charge in [-0.3, -0.25) is 4.79 Å². The van der Waals surface area contributed by atoms with Crippen LogP contribution in [-0.4, -0.2) is 29.8 Å². The number of epoxide rings is 1. The molecule has 4 aliphatic carbocycles. The molecule has 31 heavy (non-hydrogen) atoms. The van der Waals surface area contributed by atoms with Crippen molar-refractivity contribution in [2.24, 2.45) is 40.4 Å². The molecular formula is C27H38F2O2. The monoisotopic (exact) mass is 432 g/mol. The van der Waals surface area contributed by atoms with E-state index in [1.165, 1.54) is 38.7 Å². The quantitative estimate of drug-likeness (QED) is 0.471. The second-order valence-electron chi connectivity index (χ2n) is 12.2. The highest BCUT2D eigenvalue weighted by Crippen LogP contribution is 2.68. The zero-order chi connectivity index (χ0) is 22.3. The van der Waals surface area contributed by atoms with E-state index in [2.05, 4.69) is 32.9 Å². The molecule has 2 saturated carbocycles. The van der Waals surface area contributed by atoms with Crippen molar-refractivity contribution >= 4 is 5.78 Å². The summed E-state index contributed by atoms with van der Waals surface area (Å²) in [5.41, 5.74) is -0.366. The lowest BCUT2D eigenvalue weighted by Gasteiger charge is -2.56. The minimum Gasteiger partial charge on any atom is -0.360 e. The van der Waals surface area contributed by atoms with Gasteiger partial charge in [0, 0.05) is 5.41 Å². The van der Waals surface area contributed by atoms with Gasteiger partial charge in [0.25, 0.3) is 0 Å². The Labute approximate surface area is 185 Å². The van der Waals surface area contributed by atoms with Crippen LogP contribution in [0.4, 0.5) is 8.78 Å². The van der Waals surface area contributed by atoms with Crippen LogP contribution in [0.15, 0.2) is 23.8 Å². The first kappa shape index (κ1) is 21.8. The first-order chi connectivity index (χ1) is 14.5. The van der Waals surface area contributed by atoms with E-state index < -0.39 is 11.8 Å². The van der Waals surface area contributed by atoms with Gasteiger partial charge in [0.05, 0.1) is 0 Å². The van der Waals surface area contributed by atoms with Gasteiger partial charge in [-0.1, -0.05) is 32.9 Å². The smallest absolute Gasteiger partial charge is 0.187 e. The largest absolute Gasteiger partial charge is 0.360 e. The zero-order valence-electron chi connectivity index (χ0n) is 19.7. The second-order valence-corrected chi connectivity index (χ2v) is 12.2. The lowest BCUT2D eigenvalue weighted by molar-refractivity contribution is -0.116. The van der Waals surface area contributed by atoms with Crippen molar-refractivity contribution in [3.05, 3.63) is 23.8 Å². The van der Waals surface area contributed by atoms with E-state index >= 15 is 0 Å². The molecule has 3 fully saturated rings. The molecule has 0 radical (unpaired) electrons. The fourth-order valence-electron chi connectivity index (χ4n) is 8.30. The number of fused-ring (bicyclic) bond motifs is 7. The highest BCUT2D eigenvalue weighted by Gasteiger charge is 2.66. The first-order valence-corrected chi connectivity index (χ1v) is 12.4. The maximum atomic E-state index is 14.2. The molecule has 0 N–H and O–H groups in total. The summed E-state index contributed by atoms with van der Waals surface area (Å²) in [6.45, 7) is 9.76. The summed E-state index contributed by atoms with van der Waals surface area (Å²) < 4.78 is 34.1. The number of ether oxygens (including phenoxy) is 1. The summed E-state index contributed by atoms with van der Waals surface area (Å²) in [5.74, 6) is 2.80. The molecule has 2 nitrogen and oxygen atoms in total. The molecule has 0 aromatic carbocycles. The van der Waals surface area contributed by atoms with Gasteiger partial charge in [0.1, 0.15) is 24.0 Å². The lowest BCUT2D eigenvalue weighted by atomic mass is 9.48. The molecule has 5 rings (SSSR count). The van der Waals surface area contributed by atoms with E-state index in [1.54, 1.807) is 0 Å². The lowest BCUT2D eigenvalue weighted by Crippen LogP contribution is -2.51. The van der Waals surface area contributed by atoms with Gasteiger partial charge in [-0.15, -0.1) is 0 Å². The van der Waals surface area contributed by atoms with E-state index in [-0.39, 0.29) is 28.8 Å². The number of carbonyl (C=O) groups excluding carboxylic acids is 1. The Morgan fingerprint density at radius 2 is 1.94 bits per heavy atom. The predicted molar refractivity (Wildman–Crippen MR) is 118 cm³/mol. The van der Waals surface area contributed by atoms with Crippen LogP contribution in [0, 0.1) is 40.4 Å². The predicted octanol–water partition coefficient (Wildman–Crippen LogP) is 6.40. The van der Waals surface area contributed by atoms with Gasteiger partial charge in [0.15, 0.2) is 5.78 Å². The fourth-order valence-corrected chi connectivity index (χ4v) is 8.30. The zero-order valence-corrected chi connectivity index (χ0v) is 19.7. The van der Waals surface area contributed by atoms with Crippen LogP contribution in [0.25, 0.3) is 0 Å². The molecule has 172 valence electrons. The normalized spacial score (nSPS) is 47.6. The van der Waals surface area contributed by atoms with Crippen LogP contribution in [0.5, 0.6) is 0 Å². The third kappa shape index (κ3) is 3.14. The van der Waals surface area contributed by atoms with E-state index in [4.69, 9.17) is 4.74 Å². The molecule has 0 aromatic heterocycles. The molecule has 10 atom stereocenters. The molecule has 0 amide bonds.